The first-order valence-corrected chi connectivity index (χ1v) is 5.07. The van der Waals surface area contributed by atoms with E-state index < -0.39 is 0 Å². The van der Waals surface area contributed by atoms with Crippen molar-refractivity contribution >= 4 is 17.5 Å². The molecule has 0 heterocycles. The van der Waals surface area contributed by atoms with Gasteiger partial charge in [0.1, 0.15) is 0 Å². The van der Waals surface area contributed by atoms with Crippen LogP contribution in [0.25, 0.3) is 0 Å². The van der Waals surface area contributed by atoms with Crippen molar-refractivity contribution in [1.29, 1.82) is 0 Å². The topological polar surface area (TPSA) is 32.3 Å². The van der Waals surface area contributed by atoms with Crippen LogP contribution < -0.4 is 5.32 Å². The quantitative estimate of drug-likeness (QED) is 0.841. The van der Waals surface area contributed by atoms with E-state index in [2.05, 4.69) is 11.4 Å². The molecule has 4 heteroatoms. The maximum absolute atomic E-state index is 11.6. The lowest BCUT2D eigenvalue weighted by molar-refractivity contribution is 0.0951. The Balaban J connectivity index is 2.47. The second-order valence-electron chi connectivity index (χ2n) is 3.48. The molecule has 0 fully saturated rings. The van der Waals surface area contributed by atoms with Crippen LogP contribution in [0.15, 0.2) is 18.2 Å². The SMILES string of the molecule is CN(C)CCNC(=O)c1cc[c]c(Cl)c1. The number of amides is 1. The van der Waals surface area contributed by atoms with E-state index in [1.165, 1.54) is 0 Å². The average molecular weight is 226 g/mol. The summed E-state index contributed by atoms with van der Waals surface area (Å²) in [6.45, 7) is 1.44. The van der Waals surface area contributed by atoms with E-state index in [1.807, 2.05) is 19.0 Å². The minimum atomic E-state index is -0.104. The number of carbonyl (C=O) groups excluding carboxylic acids is 1. The Bertz CT molecular complexity index is 339. The third-order valence-electron chi connectivity index (χ3n) is 1.87. The van der Waals surface area contributed by atoms with Crippen molar-refractivity contribution in [3.8, 4) is 0 Å². The number of nitrogens with zero attached hydrogens (tertiary/aromatic N) is 1. The zero-order valence-electron chi connectivity index (χ0n) is 8.88. The number of halogens is 1. The summed E-state index contributed by atoms with van der Waals surface area (Å²) in [6.07, 6.45) is 0. The molecule has 81 valence electrons. The van der Waals surface area contributed by atoms with Crippen LogP contribution in [0.1, 0.15) is 10.4 Å². The van der Waals surface area contributed by atoms with Gasteiger partial charge in [0.15, 0.2) is 0 Å². The van der Waals surface area contributed by atoms with Gasteiger partial charge in [-0.25, -0.2) is 0 Å². The van der Waals surface area contributed by atoms with Crippen molar-refractivity contribution in [2.24, 2.45) is 0 Å². The molecule has 0 aliphatic carbocycles. The second-order valence-corrected chi connectivity index (χ2v) is 3.89. The number of rotatable bonds is 4. The van der Waals surface area contributed by atoms with E-state index in [-0.39, 0.29) is 5.91 Å². The largest absolute Gasteiger partial charge is 0.351 e. The molecule has 1 rings (SSSR count). The van der Waals surface area contributed by atoms with Crippen molar-refractivity contribution in [3.63, 3.8) is 0 Å². The van der Waals surface area contributed by atoms with Gasteiger partial charge in [-0.05, 0) is 26.2 Å². The molecule has 1 aromatic rings. The van der Waals surface area contributed by atoms with E-state index in [9.17, 15) is 4.79 Å². The van der Waals surface area contributed by atoms with Gasteiger partial charge in [-0.15, -0.1) is 0 Å². The first-order chi connectivity index (χ1) is 7.09. The fourth-order valence-electron chi connectivity index (χ4n) is 1.07. The number of nitrogens with one attached hydrogen (secondary N) is 1. The lowest BCUT2D eigenvalue weighted by Crippen LogP contribution is -2.31. The fraction of sp³-hybridized carbons (Fsp3) is 0.364. The van der Waals surface area contributed by atoms with Crippen molar-refractivity contribution in [2.75, 3.05) is 27.2 Å². The molecular weight excluding hydrogens is 212 g/mol. The Morgan fingerprint density at radius 2 is 2.33 bits per heavy atom. The zero-order chi connectivity index (χ0) is 11.3. The molecule has 0 aromatic heterocycles. The maximum Gasteiger partial charge on any atom is 0.251 e. The predicted molar refractivity (Wildman–Crippen MR) is 61.2 cm³/mol. The van der Waals surface area contributed by atoms with Gasteiger partial charge in [0.25, 0.3) is 5.91 Å². The molecule has 1 amide bonds. The number of benzene rings is 1. The minimum absolute atomic E-state index is 0.104. The molecule has 1 radical (unpaired) electrons. The van der Waals surface area contributed by atoms with Crippen LogP contribution in [0, 0.1) is 6.07 Å². The predicted octanol–water partition coefficient (Wildman–Crippen LogP) is 1.43. The normalized spacial score (nSPS) is 10.4. The number of hydrogen-bond acceptors (Lipinski definition) is 2. The summed E-state index contributed by atoms with van der Waals surface area (Å²) in [5.41, 5.74) is 0.567. The molecule has 0 unspecified atom stereocenters. The lowest BCUT2D eigenvalue weighted by atomic mass is 10.2. The van der Waals surface area contributed by atoms with Gasteiger partial charge in [0, 0.05) is 29.7 Å². The van der Waals surface area contributed by atoms with Crippen molar-refractivity contribution in [2.45, 2.75) is 0 Å². The molecule has 15 heavy (non-hydrogen) atoms. The van der Waals surface area contributed by atoms with Gasteiger partial charge in [0.05, 0.1) is 0 Å². The van der Waals surface area contributed by atoms with Crippen LogP contribution in [0.3, 0.4) is 0 Å². The van der Waals surface area contributed by atoms with Gasteiger partial charge in [0.2, 0.25) is 0 Å². The van der Waals surface area contributed by atoms with Crippen molar-refractivity contribution < 1.29 is 4.79 Å². The summed E-state index contributed by atoms with van der Waals surface area (Å²) in [6, 6.07) is 7.72. The molecule has 0 bridgehead atoms. The summed E-state index contributed by atoms with van der Waals surface area (Å²) in [5, 5.41) is 3.26. The van der Waals surface area contributed by atoms with Gasteiger partial charge < -0.3 is 10.2 Å². The van der Waals surface area contributed by atoms with Crippen LogP contribution in [0.4, 0.5) is 0 Å². The minimum Gasteiger partial charge on any atom is -0.351 e. The highest BCUT2D eigenvalue weighted by Crippen LogP contribution is 2.09. The van der Waals surface area contributed by atoms with Crippen LogP contribution in [0.2, 0.25) is 5.02 Å². The number of carbonyl (C=O) groups is 1. The first-order valence-electron chi connectivity index (χ1n) is 4.70. The average Bonchev–Trinajstić information content (AvgIpc) is 2.17. The van der Waals surface area contributed by atoms with E-state index in [4.69, 9.17) is 11.6 Å². The molecule has 0 saturated heterocycles. The fourth-order valence-corrected chi connectivity index (χ4v) is 1.25. The van der Waals surface area contributed by atoms with Gasteiger partial charge in [-0.2, -0.15) is 0 Å². The molecular formula is C11H14ClN2O. The lowest BCUT2D eigenvalue weighted by Gasteiger charge is -2.10. The standard InChI is InChI=1S/C11H14ClN2O/c1-14(2)7-6-13-11(15)9-4-3-5-10(12)8-9/h3-4,8H,6-7H2,1-2H3,(H,13,15). The molecule has 0 saturated carbocycles. The van der Waals surface area contributed by atoms with Crippen LogP contribution in [-0.4, -0.2) is 38.0 Å². The summed E-state index contributed by atoms with van der Waals surface area (Å²) < 4.78 is 0. The summed E-state index contributed by atoms with van der Waals surface area (Å²) in [4.78, 5) is 13.6. The molecule has 0 atom stereocenters. The smallest absolute Gasteiger partial charge is 0.251 e. The van der Waals surface area contributed by atoms with Gasteiger partial charge in [-0.3, -0.25) is 4.79 Å². The Morgan fingerprint density at radius 3 is 2.93 bits per heavy atom. The van der Waals surface area contributed by atoms with Crippen molar-refractivity contribution in [1.82, 2.24) is 10.2 Å². The third-order valence-corrected chi connectivity index (χ3v) is 2.09. The second kappa shape index (κ2) is 5.73. The van der Waals surface area contributed by atoms with Gasteiger partial charge >= 0.3 is 0 Å². The number of likely N-dealkylation sites (N-methyl/N-ethyl adjacent to an activating group) is 1. The van der Waals surface area contributed by atoms with E-state index in [0.717, 1.165) is 6.54 Å². The Labute approximate surface area is 95.0 Å². The van der Waals surface area contributed by atoms with Crippen LogP contribution in [-0.2, 0) is 0 Å². The first kappa shape index (κ1) is 12.0. The van der Waals surface area contributed by atoms with E-state index in [1.54, 1.807) is 18.2 Å². The third kappa shape index (κ3) is 4.32. The molecule has 3 nitrogen and oxygen atoms in total. The highest BCUT2D eigenvalue weighted by Gasteiger charge is 2.04. The van der Waals surface area contributed by atoms with Crippen molar-refractivity contribution in [3.05, 3.63) is 34.9 Å². The molecule has 0 spiro atoms. The maximum atomic E-state index is 11.6. The Hall–Kier alpha value is -1.06. The zero-order valence-corrected chi connectivity index (χ0v) is 9.64. The Kier molecular flexibility index (Phi) is 4.59. The molecule has 0 aliphatic rings. The summed E-state index contributed by atoms with van der Waals surface area (Å²) in [7, 11) is 3.92. The monoisotopic (exact) mass is 225 g/mol. The number of hydrogen-bond donors (Lipinski definition) is 1. The molecule has 1 aromatic carbocycles. The highest BCUT2D eigenvalue weighted by atomic mass is 35.5. The van der Waals surface area contributed by atoms with E-state index >= 15 is 0 Å². The summed E-state index contributed by atoms with van der Waals surface area (Å²) >= 11 is 5.73. The van der Waals surface area contributed by atoms with Gasteiger partial charge in [-0.1, -0.05) is 17.7 Å². The van der Waals surface area contributed by atoms with E-state index in [0.29, 0.717) is 17.1 Å². The molecule has 1 N–H and O–H groups in total. The van der Waals surface area contributed by atoms with Crippen LogP contribution >= 0.6 is 11.6 Å². The Morgan fingerprint density at radius 1 is 1.60 bits per heavy atom. The highest BCUT2D eigenvalue weighted by molar-refractivity contribution is 6.30. The summed E-state index contributed by atoms with van der Waals surface area (Å²) in [5.74, 6) is -0.104. The van der Waals surface area contributed by atoms with Crippen LogP contribution in [0.5, 0.6) is 0 Å². The molecule has 0 aliphatic heterocycles.